The molecule has 192 valence electrons. The van der Waals surface area contributed by atoms with E-state index in [9.17, 15) is 9.59 Å². The van der Waals surface area contributed by atoms with Crippen molar-refractivity contribution < 1.29 is 9.59 Å². The summed E-state index contributed by atoms with van der Waals surface area (Å²) in [5, 5.41) is 3.24. The number of hydrogen-bond donors (Lipinski definition) is 1. The summed E-state index contributed by atoms with van der Waals surface area (Å²) in [6.07, 6.45) is 5.03. The quantitative estimate of drug-likeness (QED) is 0.503. The molecule has 1 aromatic heterocycles. The van der Waals surface area contributed by atoms with Gasteiger partial charge in [-0.25, -0.2) is 0 Å². The highest BCUT2D eigenvalue weighted by atomic mass is 16.2. The van der Waals surface area contributed by atoms with Gasteiger partial charge in [0.05, 0.1) is 5.69 Å². The Kier molecular flexibility index (Phi) is 7.65. The molecule has 6 nitrogen and oxygen atoms in total. The van der Waals surface area contributed by atoms with Crippen LogP contribution in [0.2, 0.25) is 0 Å². The predicted octanol–water partition coefficient (Wildman–Crippen LogP) is 4.37. The number of amides is 2. The zero-order valence-corrected chi connectivity index (χ0v) is 21.7. The molecule has 2 aliphatic rings. The zero-order chi connectivity index (χ0) is 25.7. The Morgan fingerprint density at radius 1 is 0.946 bits per heavy atom. The first-order chi connectivity index (χ1) is 18.0. The average Bonchev–Trinajstić information content (AvgIpc) is 3.30. The van der Waals surface area contributed by atoms with Crippen LogP contribution in [0.4, 0.5) is 0 Å². The molecule has 3 heterocycles. The van der Waals surface area contributed by atoms with Crippen LogP contribution in [0.15, 0.2) is 72.9 Å². The SMILES string of the molecule is Cc1cccnc1CN1CCN(C(=O)CCC2(Cc3ccc(-c4ccccc4)cc3)CCC(=O)N2)CC1. The Hall–Kier alpha value is -3.51. The van der Waals surface area contributed by atoms with E-state index in [4.69, 9.17) is 0 Å². The fraction of sp³-hybridized carbons (Fsp3) is 0.387. The van der Waals surface area contributed by atoms with Gasteiger partial charge in [0.15, 0.2) is 0 Å². The molecular formula is C31H36N4O2. The molecule has 2 aliphatic heterocycles. The molecule has 0 aliphatic carbocycles. The van der Waals surface area contributed by atoms with Crippen LogP contribution in [-0.4, -0.2) is 58.3 Å². The molecular weight excluding hydrogens is 460 g/mol. The van der Waals surface area contributed by atoms with Crippen molar-refractivity contribution >= 4 is 11.8 Å². The Balaban J connectivity index is 1.16. The number of benzene rings is 2. The van der Waals surface area contributed by atoms with Crippen LogP contribution >= 0.6 is 0 Å². The highest BCUT2D eigenvalue weighted by Gasteiger charge is 2.38. The molecule has 1 N–H and O–H groups in total. The summed E-state index contributed by atoms with van der Waals surface area (Å²) in [4.78, 5) is 34.2. The number of piperazine rings is 1. The highest BCUT2D eigenvalue weighted by Crippen LogP contribution is 2.31. The van der Waals surface area contributed by atoms with E-state index in [2.05, 4.69) is 64.6 Å². The fourth-order valence-electron chi connectivity index (χ4n) is 5.57. The van der Waals surface area contributed by atoms with Gasteiger partial charge < -0.3 is 10.2 Å². The number of pyridine rings is 1. The third-order valence-corrected chi connectivity index (χ3v) is 7.87. The largest absolute Gasteiger partial charge is 0.350 e. The van der Waals surface area contributed by atoms with Crippen LogP contribution < -0.4 is 5.32 Å². The second kappa shape index (κ2) is 11.3. The number of aromatic nitrogens is 1. The van der Waals surface area contributed by atoms with E-state index >= 15 is 0 Å². The summed E-state index contributed by atoms with van der Waals surface area (Å²) in [5.41, 5.74) is 5.53. The number of rotatable bonds is 8. The first-order valence-corrected chi connectivity index (χ1v) is 13.4. The Morgan fingerprint density at radius 3 is 2.35 bits per heavy atom. The van der Waals surface area contributed by atoms with Crippen LogP contribution in [0.25, 0.3) is 11.1 Å². The van der Waals surface area contributed by atoms with E-state index in [0.717, 1.165) is 51.3 Å². The molecule has 2 saturated heterocycles. The molecule has 2 amide bonds. The minimum Gasteiger partial charge on any atom is -0.350 e. The molecule has 0 bridgehead atoms. The summed E-state index contributed by atoms with van der Waals surface area (Å²) in [6.45, 7) is 6.12. The van der Waals surface area contributed by atoms with E-state index in [1.807, 2.05) is 35.4 Å². The lowest BCUT2D eigenvalue weighted by molar-refractivity contribution is -0.133. The molecule has 0 saturated carbocycles. The molecule has 5 rings (SSSR count). The minimum absolute atomic E-state index is 0.0896. The summed E-state index contributed by atoms with van der Waals surface area (Å²) in [5.74, 6) is 0.278. The third-order valence-electron chi connectivity index (χ3n) is 7.87. The van der Waals surface area contributed by atoms with E-state index in [1.165, 1.54) is 22.3 Å². The van der Waals surface area contributed by atoms with Crippen LogP contribution in [0, 0.1) is 6.92 Å². The Bertz CT molecular complexity index is 1220. The normalized spacial score (nSPS) is 20.1. The molecule has 6 heteroatoms. The fourth-order valence-corrected chi connectivity index (χ4v) is 5.57. The molecule has 3 aromatic rings. The number of carbonyl (C=O) groups excluding carboxylic acids is 2. The summed E-state index contributed by atoms with van der Waals surface area (Å²) < 4.78 is 0. The first kappa shape index (κ1) is 25.2. The molecule has 2 fully saturated rings. The van der Waals surface area contributed by atoms with Crippen molar-refractivity contribution in [3.63, 3.8) is 0 Å². The van der Waals surface area contributed by atoms with Gasteiger partial charge >= 0.3 is 0 Å². The van der Waals surface area contributed by atoms with Crippen LogP contribution in [0.1, 0.15) is 42.5 Å². The van der Waals surface area contributed by atoms with E-state index < -0.39 is 0 Å². The van der Waals surface area contributed by atoms with E-state index in [1.54, 1.807) is 0 Å². The molecule has 2 aromatic carbocycles. The van der Waals surface area contributed by atoms with Gasteiger partial charge in [0.2, 0.25) is 11.8 Å². The van der Waals surface area contributed by atoms with Gasteiger partial charge in [-0.15, -0.1) is 0 Å². The molecule has 1 unspecified atom stereocenters. The van der Waals surface area contributed by atoms with Gasteiger partial charge in [0, 0.05) is 57.3 Å². The van der Waals surface area contributed by atoms with E-state index in [-0.39, 0.29) is 17.4 Å². The van der Waals surface area contributed by atoms with Gasteiger partial charge in [-0.05, 0) is 54.5 Å². The predicted molar refractivity (Wildman–Crippen MR) is 146 cm³/mol. The summed E-state index contributed by atoms with van der Waals surface area (Å²) in [6, 6.07) is 23.0. The second-order valence-corrected chi connectivity index (χ2v) is 10.5. The smallest absolute Gasteiger partial charge is 0.222 e. The standard InChI is InChI=1S/C31H36N4O2/c1-24-6-5-17-32-28(24)23-34-18-20-35(21-19-34)30(37)14-16-31(15-13-29(36)33-31)22-25-9-11-27(12-10-25)26-7-3-2-4-8-26/h2-12,17H,13-16,18-23H2,1H3,(H,33,36). The molecule has 1 atom stereocenters. The average molecular weight is 497 g/mol. The lowest BCUT2D eigenvalue weighted by atomic mass is 9.84. The zero-order valence-electron chi connectivity index (χ0n) is 21.7. The number of aryl methyl sites for hydroxylation is 1. The maximum atomic E-state index is 13.1. The topological polar surface area (TPSA) is 65.5 Å². The van der Waals surface area contributed by atoms with Crippen molar-refractivity contribution in [1.29, 1.82) is 0 Å². The van der Waals surface area contributed by atoms with Crippen molar-refractivity contribution in [2.75, 3.05) is 26.2 Å². The van der Waals surface area contributed by atoms with Crippen molar-refractivity contribution in [2.24, 2.45) is 0 Å². The number of nitrogens with zero attached hydrogens (tertiary/aromatic N) is 3. The Morgan fingerprint density at radius 2 is 1.68 bits per heavy atom. The lowest BCUT2D eigenvalue weighted by Crippen LogP contribution is -2.49. The van der Waals surface area contributed by atoms with E-state index in [0.29, 0.717) is 19.3 Å². The van der Waals surface area contributed by atoms with Crippen LogP contribution in [0.3, 0.4) is 0 Å². The van der Waals surface area contributed by atoms with Crippen LogP contribution in [-0.2, 0) is 22.6 Å². The number of carbonyl (C=O) groups is 2. The van der Waals surface area contributed by atoms with Crippen molar-refractivity contribution in [3.8, 4) is 11.1 Å². The summed E-state index contributed by atoms with van der Waals surface area (Å²) >= 11 is 0. The van der Waals surface area contributed by atoms with Gasteiger partial charge in [0.25, 0.3) is 0 Å². The molecule has 0 spiro atoms. The van der Waals surface area contributed by atoms with Crippen molar-refractivity contribution in [1.82, 2.24) is 20.1 Å². The maximum absolute atomic E-state index is 13.1. The second-order valence-electron chi connectivity index (χ2n) is 10.5. The van der Waals surface area contributed by atoms with Crippen LogP contribution in [0.5, 0.6) is 0 Å². The highest BCUT2D eigenvalue weighted by molar-refractivity contribution is 5.80. The maximum Gasteiger partial charge on any atom is 0.222 e. The van der Waals surface area contributed by atoms with Crippen molar-refractivity contribution in [3.05, 3.63) is 89.7 Å². The molecule has 37 heavy (non-hydrogen) atoms. The monoisotopic (exact) mass is 496 g/mol. The summed E-state index contributed by atoms with van der Waals surface area (Å²) in [7, 11) is 0. The minimum atomic E-state index is -0.348. The number of nitrogens with one attached hydrogen (secondary N) is 1. The third kappa shape index (κ3) is 6.25. The first-order valence-electron chi connectivity index (χ1n) is 13.4. The van der Waals surface area contributed by atoms with Crippen molar-refractivity contribution in [2.45, 2.75) is 51.1 Å². The van der Waals surface area contributed by atoms with Gasteiger partial charge in [-0.1, -0.05) is 60.7 Å². The Labute approximate surface area is 219 Å². The van der Waals surface area contributed by atoms with Gasteiger partial charge in [0.1, 0.15) is 0 Å². The lowest BCUT2D eigenvalue weighted by Gasteiger charge is -2.36. The van der Waals surface area contributed by atoms with Gasteiger partial charge in [-0.3, -0.25) is 19.5 Å². The van der Waals surface area contributed by atoms with Gasteiger partial charge in [-0.2, -0.15) is 0 Å². The number of hydrogen-bond acceptors (Lipinski definition) is 4. The molecule has 0 radical (unpaired) electrons.